The summed E-state index contributed by atoms with van der Waals surface area (Å²) in [7, 11) is -3.44. The molecule has 102 valence electrons. The predicted octanol–water partition coefficient (Wildman–Crippen LogP) is 1.65. The average molecular weight is 270 g/mol. The molecule has 0 saturated heterocycles. The summed E-state index contributed by atoms with van der Waals surface area (Å²) in [5.41, 5.74) is 6.94. The van der Waals surface area contributed by atoms with E-state index in [1.165, 1.54) is 0 Å². The fourth-order valence-electron chi connectivity index (χ4n) is 1.51. The standard InChI is InChI=1S/C13H22N2O2S/c1-4-11(3)13(14)9-15-18(16,17)12-7-5-10(2)6-8-12/h5-8,11,13,15H,4,9,14H2,1-3H3. The van der Waals surface area contributed by atoms with Crippen LogP contribution >= 0.6 is 0 Å². The van der Waals surface area contributed by atoms with Crippen LogP contribution in [-0.2, 0) is 10.0 Å². The van der Waals surface area contributed by atoms with Gasteiger partial charge in [-0.3, -0.25) is 0 Å². The molecule has 5 heteroatoms. The first-order valence-electron chi connectivity index (χ1n) is 6.18. The third-order valence-electron chi connectivity index (χ3n) is 3.22. The smallest absolute Gasteiger partial charge is 0.240 e. The minimum absolute atomic E-state index is 0.157. The number of benzene rings is 1. The van der Waals surface area contributed by atoms with E-state index in [-0.39, 0.29) is 17.5 Å². The van der Waals surface area contributed by atoms with Gasteiger partial charge in [-0.1, -0.05) is 38.0 Å². The summed E-state index contributed by atoms with van der Waals surface area (Å²) < 4.78 is 26.5. The number of sulfonamides is 1. The van der Waals surface area contributed by atoms with Crippen LogP contribution in [0.15, 0.2) is 29.2 Å². The van der Waals surface area contributed by atoms with Gasteiger partial charge in [-0.25, -0.2) is 13.1 Å². The Kier molecular flexibility index (Phi) is 5.31. The first-order valence-corrected chi connectivity index (χ1v) is 7.67. The Labute approximate surface area is 110 Å². The van der Waals surface area contributed by atoms with Crippen molar-refractivity contribution in [3.63, 3.8) is 0 Å². The summed E-state index contributed by atoms with van der Waals surface area (Å²) in [5, 5.41) is 0. The van der Waals surface area contributed by atoms with E-state index < -0.39 is 10.0 Å². The van der Waals surface area contributed by atoms with Gasteiger partial charge in [0.05, 0.1) is 4.90 Å². The normalized spacial score (nSPS) is 15.3. The third kappa shape index (κ3) is 4.08. The lowest BCUT2D eigenvalue weighted by molar-refractivity contribution is 0.437. The van der Waals surface area contributed by atoms with Crippen LogP contribution < -0.4 is 10.5 Å². The first kappa shape index (κ1) is 15.1. The summed E-state index contributed by atoms with van der Waals surface area (Å²) in [6, 6.07) is 6.61. The highest BCUT2D eigenvalue weighted by Gasteiger charge is 2.17. The van der Waals surface area contributed by atoms with Crippen molar-refractivity contribution >= 4 is 10.0 Å². The maximum Gasteiger partial charge on any atom is 0.240 e. The van der Waals surface area contributed by atoms with Crippen molar-refractivity contribution in [1.29, 1.82) is 0 Å². The van der Waals surface area contributed by atoms with Gasteiger partial charge in [0.15, 0.2) is 0 Å². The minimum Gasteiger partial charge on any atom is -0.326 e. The van der Waals surface area contributed by atoms with Crippen molar-refractivity contribution in [2.24, 2.45) is 11.7 Å². The Morgan fingerprint density at radius 3 is 2.33 bits per heavy atom. The SMILES string of the molecule is CCC(C)C(N)CNS(=O)(=O)c1ccc(C)cc1. The number of hydrogen-bond donors (Lipinski definition) is 2. The van der Waals surface area contributed by atoms with Crippen LogP contribution in [0.3, 0.4) is 0 Å². The van der Waals surface area contributed by atoms with Gasteiger partial charge in [0, 0.05) is 12.6 Å². The van der Waals surface area contributed by atoms with Crippen LogP contribution in [0.4, 0.5) is 0 Å². The molecular weight excluding hydrogens is 248 g/mol. The van der Waals surface area contributed by atoms with Crippen LogP contribution in [0.1, 0.15) is 25.8 Å². The monoisotopic (exact) mass is 270 g/mol. The van der Waals surface area contributed by atoms with Crippen molar-refractivity contribution in [1.82, 2.24) is 4.72 Å². The van der Waals surface area contributed by atoms with Gasteiger partial charge >= 0.3 is 0 Å². The van der Waals surface area contributed by atoms with Gasteiger partial charge in [0.2, 0.25) is 10.0 Å². The van der Waals surface area contributed by atoms with Crippen molar-refractivity contribution in [2.45, 2.75) is 38.1 Å². The molecule has 2 atom stereocenters. The molecule has 0 radical (unpaired) electrons. The van der Waals surface area contributed by atoms with Crippen molar-refractivity contribution < 1.29 is 8.42 Å². The summed E-state index contributed by atoms with van der Waals surface area (Å²) in [4.78, 5) is 0.282. The van der Waals surface area contributed by atoms with Gasteiger partial charge in [0.1, 0.15) is 0 Å². The second-order valence-electron chi connectivity index (χ2n) is 4.71. The fourth-order valence-corrected chi connectivity index (χ4v) is 2.58. The molecule has 0 amide bonds. The lowest BCUT2D eigenvalue weighted by atomic mass is 10.0. The molecular formula is C13H22N2O2S. The second kappa shape index (κ2) is 6.31. The summed E-state index contributed by atoms with van der Waals surface area (Å²) in [6.45, 7) is 6.25. The van der Waals surface area contributed by atoms with E-state index in [4.69, 9.17) is 5.73 Å². The average Bonchev–Trinajstić information content (AvgIpc) is 2.35. The Balaban J connectivity index is 2.68. The van der Waals surface area contributed by atoms with Crippen LogP contribution in [0.25, 0.3) is 0 Å². The van der Waals surface area contributed by atoms with E-state index in [0.717, 1.165) is 12.0 Å². The van der Waals surface area contributed by atoms with Crippen molar-refractivity contribution in [3.05, 3.63) is 29.8 Å². The first-order chi connectivity index (χ1) is 8.36. The number of hydrogen-bond acceptors (Lipinski definition) is 3. The molecule has 18 heavy (non-hydrogen) atoms. The highest BCUT2D eigenvalue weighted by Crippen LogP contribution is 2.10. The largest absolute Gasteiger partial charge is 0.326 e. The number of nitrogens with one attached hydrogen (secondary N) is 1. The Hall–Kier alpha value is -0.910. The Morgan fingerprint density at radius 1 is 1.28 bits per heavy atom. The molecule has 1 aromatic rings. The maximum absolute atomic E-state index is 12.0. The Bertz CT molecular complexity index is 468. The van der Waals surface area contributed by atoms with Crippen molar-refractivity contribution in [3.8, 4) is 0 Å². The zero-order chi connectivity index (χ0) is 13.8. The van der Waals surface area contributed by atoms with E-state index in [1.54, 1.807) is 24.3 Å². The molecule has 0 fully saturated rings. The van der Waals surface area contributed by atoms with Crippen LogP contribution in [-0.4, -0.2) is 21.0 Å². The highest BCUT2D eigenvalue weighted by atomic mass is 32.2. The summed E-state index contributed by atoms with van der Waals surface area (Å²) >= 11 is 0. The quantitative estimate of drug-likeness (QED) is 0.825. The zero-order valence-electron chi connectivity index (χ0n) is 11.2. The van der Waals surface area contributed by atoms with Gasteiger partial charge < -0.3 is 5.73 Å². The maximum atomic E-state index is 12.0. The second-order valence-corrected chi connectivity index (χ2v) is 6.48. The molecule has 2 unspecified atom stereocenters. The van der Waals surface area contributed by atoms with Crippen LogP contribution in [0.5, 0.6) is 0 Å². The molecule has 0 bridgehead atoms. The minimum atomic E-state index is -3.44. The van der Waals surface area contributed by atoms with E-state index in [9.17, 15) is 8.42 Å². The molecule has 1 rings (SSSR count). The van der Waals surface area contributed by atoms with Crippen molar-refractivity contribution in [2.75, 3.05) is 6.54 Å². The number of rotatable bonds is 6. The number of aryl methyl sites for hydroxylation is 1. The third-order valence-corrected chi connectivity index (χ3v) is 4.65. The highest BCUT2D eigenvalue weighted by molar-refractivity contribution is 7.89. The van der Waals surface area contributed by atoms with E-state index in [2.05, 4.69) is 4.72 Å². The van der Waals surface area contributed by atoms with E-state index in [0.29, 0.717) is 5.92 Å². The molecule has 3 N–H and O–H groups in total. The van der Waals surface area contributed by atoms with Crippen LogP contribution in [0, 0.1) is 12.8 Å². The lowest BCUT2D eigenvalue weighted by Gasteiger charge is -2.18. The molecule has 4 nitrogen and oxygen atoms in total. The molecule has 0 saturated carbocycles. The molecule has 1 aromatic carbocycles. The topological polar surface area (TPSA) is 72.2 Å². The molecule has 0 aromatic heterocycles. The van der Waals surface area contributed by atoms with Gasteiger partial charge in [0.25, 0.3) is 0 Å². The predicted molar refractivity (Wildman–Crippen MR) is 73.8 cm³/mol. The lowest BCUT2D eigenvalue weighted by Crippen LogP contribution is -2.41. The molecule has 0 aliphatic carbocycles. The van der Waals surface area contributed by atoms with E-state index in [1.807, 2.05) is 20.8 Å². The molecule has 0 aliphatic rings. The summed E-state index contributed by atoms with van der Waals surface area (Å²) in [5.74, 6) is 0.297. The molecule has 0 heterocycles. The zero-order valence-corrected chi connectivity index (χ0v) is 12.0. The van der Waals surface area contributed by atoms with Crippen LogP contribution in [0.2, 0.25) is 0 Å². The molecule has 0 aliphatic heterocycles. The van der Waals surface area contributed by atoms with E-state index >= 15 is 0 Å². The number of nitrogens with two attached hydrogens (primary N) is 1. The van der Waals surface area contributed by atoms with Gasteiger partial charge in [-0.2, -0.15) is 0 Å². The Morgan fingerprint density at radius 2 is 1.83 bits per heavy atom. The fraction of sp³-hybridized carbons (Fsp3) is 0.538. The molecule has 0 spiro atoms. The van der Waals surface area contributed by atoms with Gasteiger partial charge in [-0.05, 0) is 25.0 Å². The summed E-state index contributed by atoms with van der Waals surface area (Å²) in [6.07, 6.45) is 0.938. The van der Waals surface area contributed by atoms with Gasteiger partial charge in [-0.15, -0.1) is 0 Å².